The Hall–Kier alpha value is -4.20. The van der Waals surface area contributed by atoms with Crippen LogP contribution in [0.4, 0.5) is 0 Å². The van der Waals surface area contributed by atoms with Crippen LogP contribution in [0.5, 0.6) is 0 Å². The standard InChI is InChI=1S/C32H34N2O5/c1-32(2,38)29(21-35)33-31(37)28(19-30(36)39-22-23-9-5-3-6-10-23)34-18-17-27(20-34)26-15-13-25(14-16-26)24-11-7-4-8-12-24/h3-18,20,28-29,35,38H,19,21-22H2,1-2H3,(H,33,37)/t28-,29+/m1/s1. The number of hydrogen-bond donors (Lipinski definition) is 3. The van der Waals surface area contributed by atoms with Crippen LogP contribution in [0.3, 0.4) is 0 Å². The van der Waals surface area contributed by atoms with Crippen LogP contribution in [-0.4, -0.2) is 44.9 Å². The lowest BCUT2D eigenvalue weighted by Gasteiger charge is -2.30. The summed E-state index contributed by atoms with van der Waals surface area (Å²) >= 11 is 0. The number of ether oxygens (including phenoxy) is 1. The van der Waals surface area contributed by atoms with E-state index in [-0.39, 0.29) is 13.0 Å². The number of amides is 1. The van der Waals surface area contributed by atoms with Gasteiger partial charge in [-0.1, -0.05) is 84.9 Å². The number of nitrogens with zero attached hydrogens (tertiary/aromatic N) is 1. The molecule has 7 nitrogen and oxygen atoms in total. The van der Waals surface area contributed by atoms with E-state index in [2.05, 4.69) is 17.4 Å². The number of nitrogens with one attached hydrogen (secondary N) is 1. The summed E-state index contributed by atoms with van der Waals surface area (Å²) in [6.45, 7) is 2.65. The summed E-state index contributed by atoms with van der Waals surface area (Å²) in [5.41, 5.74) is 3.55. The molecule has 0 bridgehead atoms. The number of esters is 1. The lowest BCUT2D eigenvalue weighted by molar-refractivity contribution is -0.148. The summed E-state index contributed by atoms with van der Waals surface area (Å²) in [5, 5.41) is 22.8. The van der Waals surface area contributed by atoms with Gasteiger partial charge in [-0.15, -0.1) is 0 Å². The first kappa shape index (κ1) is 27.8. The number of hydrogen-bond acceptors (Lipinski definition) is 5. The number of aliphatic hydroxyl groups excluding tert-OH is 1. The van der Waals surface area contributed by atoms with Crippen LogP contribution in [0.25, 0.3) is 22.3 Å². The van der Waals surface area contributed by atoms with E-state index in [1.807, 2.05) is 85.1 Å². The fraction of sp³-hybridized carbons (Fsp3) is 0.250. The Kier molecular flexibility index (Phi) is 8.96. The maximum atomic E-state index is 13.4. The van der Waals surface area contributed by atoms with Crippen molar-refractivity contribution in [2.75, 3.05) is 6.61 Å². The fourth-order valence-electron chi connectivity index (χ4n) is 4.27. The molecule has 1 amide bonds. The Morgan fingerprint density at radius 1 is 0.846 bits per heavy atom. The fourth-order valence-corrected chi connectivity index (χ4v) is 4.27. The van der Waals surface area contributed by atoms with E-state index < -0.39 is 36.2 Å². The van der Waals surface area contributed by atoms with E-state index in [1.165, 1.54) is 13.8 Å². The molecule has 1 aromatic heterocycles. The summed E-state index contributed by atoms with van der Waals surface area (Å²) in [6, 6.07) is 27.5. The number of carbonyl (C=O) groups excluding carboxylic acids is 2. The molecule has 0 fully saturated rings. The van der Waals surface area contributed by atoms with Gasteiger partial charge in [0.25, 0.3) is 0 Å². The second-order valence-electron chi connectivity index (χ2n) is 10.1. The second kappa shape index (κ2) is 12.6. The summed E-state index contributed by atoms with van der Waals surface area (Å²) in [5.74, 6) is -1.04. The molecule has 0 unspecified atom stereocenters. The van der Waals surface area contributed by atoms with Crippen molar-refractivity contribution in [3.05, 3.63) is 109 Å². The number of rotatable bonds is 11. The van der Waals surface area contributed by atoms with Crippen molar-refractivity contribution >= 4 is 11.9 Å². The molecule has 0 aliphatic rings. The molecule has 4 rings (SSSR count). The van der Waals surface area contributed by atoms with Crippen molar-refractivity contribution in [2.24, 2.45) is 0 Å². The molecule has 2 atom stereocenters. The summed E-state index contributed by atoms with van der Waals surface area (Å²) in [6.07, 6.45) is 3.33. The van der Waals surface area contributed by atoms with Gasteiger partial charge in [0.15, 0.2) is 0 Å². The summed E-state index contributed by atoms with van der Waals surface area (Å²) in [4.78, 5) is 26.1. The lowest BCUT2D eigenvalue weighted by Crippen LogP contribution is -2.53. The van der Waals surface area contributed by atoms with Crippen LogP contribution in [0, 0.1) is 0 Å². The van der Waals surface area contributed by atoms with Gasteiger partial charge in [0.2, 0.25) is 5.91 Å². The van der Waals surface area contributed by atoms with Crippen LogP contribution in [-0.2, 0) is 20.9 Å². The largest absolute Gasteiger partial charge is 0.461 e. The molecule has 7 heteroatoms. The van der Waals surface area contributed by atoms with E-state index in [0.717, 1.165) is 27.8 Å². The molecule has 39 heavy (non-hydrogen) atoms. The maximum Gasteiger partial charge on any atom is 0.308 e. The van der Waals surface area contributed by atoms with Gasteiger partial charge in [-0.25, -0.2) is 0 Å². The number of aliphatic hydroxyl groups is 2. The van der Waals surface area contributed by atoms with E-state index in [9.17, 15) is 19.8 Å². The molecule has 4 aromatic rings. The third-order valence-electron chi connectivity index (χ3n) is 6.66. The predicted molar refractivity (Wildman–Crippen MR) is 151 cm³/mol. The van der Waals surface area contributed by atoms with Gasteiger partial charge >= 0.3 is 5.97 Å². The SMILES string of the molecule is CC(C)(O)[C@H](CO)NC(=O)[C@@H](CC(=O)OCc1ccccc1)n1ccc(-c2ccc(-c3ccccc3)cc2)c1. The highest BCUT2D eigenvalue weighted by Crippen LogP contribution is 2.27. The van der Waals surface area contributed by atoms with E-state index in [0.29, 0.717) is 0 Å². The lowest BCUT2D eigenvalue weighted by atomic mass is 9.99. The van der Waals surface area contributed by atoms with E-state index in [1.54, 1.807) is 10.8 Å². The van der Waals surface area contributed by atoms with Gasteiger partial charge in [0, 0.05) is 12.4 Å². The minimum Gasteiger partial charge on any atom is -0.461 e. The summed E-state index contributed by atoms with van der Waals surface area (Å²) in [7, 11) is 0. The zero-order valence-electron chi connectivity index (χ0n) is 22.2. The molecular weight excluding hydrogens is 492 g/mol. The van der Waals surface area contributed by atoms with Crippen LogP contribution in [0.1, 0.15) is 31.9 Å². The Bertz CT molecular complexity index is 1360. The third kappa shape index (κ3) is 7.44. The molecule has 0 saturated carbocycles. The molecule has 0 saturated heterocycles. The van der Waals surface area contributed by atoms with Crippen molar-refractivity contribution in [1.82, 2.24) is 9.88 Å². The minimum absolute atomic E-state index is 0.0988. The molecule has 0 radical (unpaired) electrons. The number of aromatic nitrogens is 1. The van der Waals surface area contributed by atoms with Crippen LogP contribution >= 0.6 is 0 Å². The van der Waals surface area contributed by atoms with Crippen LogP contribution in [0.15, 0.2) is 103 Å². The van der Waals surface area contributed by atoms with Gasteiger partial charge in [-0.05, 0) is 47.7 Å². The topological polar surface area (TPSA) is 101 Å². The van der Waals surface area contributed by atoms with Crippen molar-refractivity contribution in [3.8, 4) is 22.3 Å². The maximum absolute atomic E-state index is 13.4. The first-order chi connectivity index (χ1) is 18.7. The van der Waals surface area contributed by atoms with Gasteiger partial charge in [-0.2, -0.15) is 0 Å². The first-order valence-electron chi connectivity index (χ1n) is 12.9. The molecule has 202 valence electrons. The Labute approximate surface area is 228 Å². The molecule has 0 aliphatic heterocycles. The quantitative estimate of drug-likeness (QED) is 0.245. The highest BCUT2D eigenvalue weighted by Gasteiger charge is 2.32. The third-order valence-corrected chi connectivity index (χ3v) is 6.66. The Morgan fingerprint density at radius 3 is 2.00 bits per heavy atom. The minimum atomic E-state index is -1.36. The zero-order chi connectivity index (χ0) is 27.8. The van der Waals surface area contributed by atoms with Gasteiger partial charge in [0.1, 0.15) is 12.6 Å². The second-order valence-corrected chi connectivity index (χ2v) is 10.1. The van der Waals surface area contributed by atoms with E-state index >= 15 is 0 Å². The van der Waals surface area contributed by atoms with Crippen molar-refractivity contribution < 1.29 is 24.5 Å². The van der Waals surface area contributed by atoms with Crippen molar-refractivity contribution in [3.63, 3.8) is 0 Å². The summed E-state index contributed by atoms with van der Waals surface area (Å²) < 4.78 is 7.11. The smallest absolute Gasteiger partial charge is 0.308 e. The average Bonchev–Trinajstić information content (AvgIpc) is 3.44. The number of carbonyl (C=O) groups is 2. The molecule has 0 spiro atoms. The molecule has 3 aromatic carbocycles. The normalized spacial score (nSPS) is 12.9. The monoisotopic (exact) mass is 526 g/mol. The predicted octanol–water partition coefficient (Wildman–Crippen LogP) is 4.74. The molecule has 3 N–H and O–H groups in total. The van der Waals surface area contributed by atoms with Gasteiger partial charge in [-0.3, -0.25) is 9.59 Å². The van der Waals surface area contributed by atoms with Gasteiger partial charge in [0.05, 0.1) is 24.7 Å². The van der Waals surface area contributed by atoms with Crippen molar-refractivity contribution in [1.29, 1.82) is 0 Å². The van der Waals surface area contributed by atoms with Crippen LogP contribution in [0.2, 0.25) is 0 Å². The van der Waals surface area contributed by atoms with E-state index in [4.69, 9.17) is 4.74 Å². The van der Waals surface area contributed by atoms with Crippen molar-refractivity contribution in [2.45, 2.75) is 44.6 Å². The van der Waals surface area contributed by atoms with Crippen LogP contribution < -0.4 is 5.32 Å². The highest BCUT2D eigenvalue weighted by atomic mass is 16.5. The first-order valence-corrected chi connectivity index (χ1v) is 12.9. The molecule has 1 heterocycles. The Balaban J connectivity index is 1.54. The number of benzene rings is 3. The molecule has 0 aliphatic carbocycles. The Morgan fingerprint density at radius 2 is 1.41 bits per heavy atom. The van der Waals surface area contributed by atoms with Gasteiger partial charge < -0.3 is 24.8 Å². The highest BCUT2D eigenvalue weighted by molar-refractivity contribution is 5.86. The molecular formula is C32H34N2O5. The average molecular weight is 527 g/mol. The zero-order valence-corrected chi connectivity index (χ0v) is 22.2.